The third-order valence-corrected chi connectivity index (χ3v) is 5.68. The maximum Gasteiger partial charge on any atom is 0.127 e. The summed E-state index contributed by atoms with van der Waals surface area (Å²) in [5.74, 6) is 2.82. The minimum absolute atomic E-state index is 0.212. The first-order valence-electron chi connectivity index (χ1n) is 9.33. The first-order chi connectivity index (χ1) is 11.7. The number of hydrogen-bond acceptors (Lipinski definition) is 3. The molecule has 0 spiro atoms. The van der Waals surface area contributed by atoms with Crippen LogP contribution in [0.4, 0.5) is 0 Å². The second-order valence-electron chi connectivity index (χ2n) is 7.27. The molecule has 2 aliphatic rings. The van der Waals surface area contributed by atoms with E-state index in [0.29, 0.717) is 12.5 Å². The van der Waals surface area contributed by atoms with Crippen molar-refractivity contribution in [2.45, 2.75) is 51.9 Å². The SMILES string of the molecule is CCCCCc1cc(OC)c2c(c1)OCC1=CC[C@H](C)[C@@H](CO)[C@H]12. The van der Waals surface area contributed by atoms with Gasteiger partial charge in [0.2, 0.25) is 0 Å². The Morgan fingerprint density at radius 1 is 1.29 bits per heavy atom. The van der Waals surface area contributed by atoms with Crippen LogP contribution in [-0.2, 0) is 6.42 Å². The molecule has 0 unspecified atom stereocenters. The van der Waals surface area contributed by atoms with E-state index in [1.54, 1.807) is 7.11 Å². The largest absolute Gasteiger partial charge is 0.496 e. The van der Waals surface area contributed by atoms with E-state index in [-0.39, 0.29) is 18.4 Å². The van der Waals surface area contributed by atoms with Crippen molar-refractivity contribution < 1.29 is 14.6 Å². The van der Waals surface area contributed by atoms with Crippen molar-refractivity contribution in [2.75, 3.05) is 20.3 Å². The highest BCUT2D eigenvalue weighted by molar-refractivity contribution is 5.55. The van der Waals surface area contributed by atoms with Gasteiger partial charge in [-0.15, -0.1) is 0 Å². The fourth-order valence-corrected chi connectivity index (χ4v) is 4.21. The summed E-state index contributed by atoms with van der Waals surface area (Å²) in [4.78, 5) is 0. The van der Waals surface area contributed by atoms with E-state index < -0.39 is 0 Å². The Labute approximate surface area is 145 Å². The molecule has 3 atom stereocenters. The van der Waals surface area contributed by atoms with Crippen molar-refractivity contribution in [3.63, 3.8) is 0 Å². The number of rotatable bonds is 6. The number of aliphatic hydroxyl groups is 1. The number of methoxy groups -OCH3 is 1. The lowest BCUT2D eigenvalue weighted by Gasteiger charge is -2.40. The second kappa shape index (κ2) is 7.60. The predicted octanol–water partition coefficient (Wildman–Crippen LogP) is 4.48. The molecule has 0 aromatic heterocycles. The van der Waals surface area contributed by atoms with Crippen molar-refractivity contribution in [2.24, 2.45) is 11.8 Å². The molecule has 3 nitrogen and oxygen atoms in total. The molecule has 1 aliphatic carbocycles. The fourth-order valence-electron chi connectivity index (χ4n) is 4.21. The Hall–Kier alpha value is -1.48. The van der Waals surface area contributed by atoms with E-state index in [9.17, 15) is 5.11 Å². The van der Waals surface area contributed by atoms with Crippen LogP contribution in [0.2, 0.25) is 0 Å². The van der Waals surface area contributed by atoms with Crippen LogP contribution in [0.1, 0.15) is 56.6 Å². The van der Waals surface area contributed by atoms with Crippen molar-refractivity contribution in [1.29, 1.82) is 0 Å². The van der Waals surface area contributed by atoms with Gasteiger partial charge in [-0.2, -0.15) is 0 Å². The van der Waals surface area contributed by atoms with Crippen LogP contribution in [0.3, 0.4) is 0 Å². The van der Waals surface area contributed by atoms with Gasteiger partial charge in [0.15, 0.2) is 0 Å². The minimum Gasteiger partial charge on any atom is -0.496 e. The lowest BCUT2D eigenvalue weighted by atomic mass is 9.68. The molecule has 0 saturated heterocycles. The smallest absolute Gasteiger partial charge is 0.127 e. The molecule has 1 aromatic rings. The monoisotopic (exact) mass is 330 g/mol. The first-order valence-corrected chi connectivity index (χ1v) is 9.33. The number of aryl methyl sites for hydroxylation is 1. The van der Waals surface area contributed by atoms with E-state index in [4.69, 9.17) is 9.47 Å². The molecule has 3 rings (SSSR count). The summed E-state index contributed by atoms with van der Waals surface area (Å²) in [5.41, 5.74) is 3.73. The second-order valence-corrected chi connectivity index (χ2v) is 7.27. The van der Waals surface area contributed by atoms with Gasteiger partial charge in [0, 0.05) is 18.1 Å². The van der Waals surface area contributed by atoms with Gasteiger partial charge in [-0.05, 0) is 54.4 Å². The summed E-state index contributed by atoms with van der Waals surface area (Å²) in [6, 6.07) is 4.37. The Morgan fingerprint density at radius 3 is 2.83 bits per heavy atom. The standard InChI is InChI=1S/C21H30O3/c1-4-5-6-7-15-10-18(23-3)21-19(11-15)24-13-16-9-8-14(2)17(12-22)20(16)21/h9-11,14,17,20,22H,4-8,12-13H2,1-3H3/t14-,17+,20-/m0/s1. The summed E-state index contributed by atoms with van der Waals surface area (Å²) >= 11 is 0. The van der Waals surface area contributed by atoms with Crippen LogP contribution in [0.25, 0.3) is 0 Å². The summed E-state index contributed by atoms with van der Waals surface area (Å²) in [5, 5.41) is 9.98. The number of hydrogen-bond donors (Lipinski definition) is 1. The molecule has 1 N–H and O–H groups in total. The number of aliphatic hydroxyl groups excluding tert-OH is 1. The molecular weight excluding hydrogens is 300 g/mol. The van der Waals surface area contributed by atoms with Gasteiger partial charge in [-0.25, -0.2) is 0 Å². The van der Waals surface area contributed by atoms with Gasteiger partial charge >= 0.3 is 0 Å². The van der Waals surface area contributed by atoms with Gasteiger partial charge in [0.05, 0.1) is 7.11 Å². The zero-order valence-electron chi connectivity index (χ0n) is 15.2. The maximum atomic E-state index is 9.98. The number of fused-ring (bicyclic) bond motifs is 3. The highest BCUT2D eigenvalue weighted by atomic mass is 16.5. The van der Waals surface area contributed by atoms with Crippen molar-refractivity contribution in [3.05, 3.63) is 34.9 Å². The van der Waals surface area contributed by atoms with Gasteiger partial charge < -0.3 is 14.6 Å². The highest BCUT2D eigenvalue weighted by Gasteiger charge is 2.39. The zero-order chi connectivity index (χ0) is 17.1. The molecule has 0 radical (unpaired) electrons. The number of ether oxygens (including phenoxy) is 2. The van der Waals surface area contributed by atoms with E-state index in [1.165, 1.54) is 30.4 Å². The molecule has 0 saturated carbocycles. The van der Waals surface area contributed by atoms with Gasteiger partial charge in [0.25, 0.3) is 0 Å². The summed E-state index contributed by atoms with van der Waals surface area (Å²) < 4.78 is 11.8. The van der Waals surface area contributed by atoms with Crippen LogP contribution >= 0.6 is 0 Å². The first kappa shape index (κ1) is 17.3. The Kier molecular flexibility index (Phi) is 5.50. The Balaban J connectivity index is 1.99. The van der Waals surface area contributed by atoms with Gasteiger partial charge in [-0.3, -0.25) is 0 Å². The Bertz CT molecular complexity index is 588. The summed E-state index contributed by atoms with van der Waals surface area (Å²) in [6.07, 6.45) is 8.06. The number of allylic oxidation sites excluding steroid dienone is 1. The van der Waals surface area contributed by atoms with Crippen molar-refractivity contribution >= 4 is 0 Å². The Morgan fingerprint density at radius 2 is 2.12 bits per heavy atom. The fraction of sp³-hybridized carbons (Fsp3) is 0.619. The molecule has 132 valence electrons. The molecule has 1 aliphatic heterocycles. The highest BCUT2D eigenvalue weighted by Crippen LogP contribution is 2.51. The number of unbranched alkanes of at least 4 members (excludes halogenated alkanes) is 2. The van der Waals surface area contributed by atoms with E-state index >= 15 is 0 Å². The van der Waals surface area contributed by atoms with E-state index in [2.05, 4.69) is 32.1 Å². The third kappa shape index (κ3) is 3.19. The predicted molar refractivity (Wildman–Crippen MR) is 96.9 cm³/mol. The van der Waals surface area contributed by atoms with Gasteiger partial charge in [0.1, 0.15) is 18.1 Å². The molecule has 3 heteroatoms. The summed E-state index contributed by atoms with van der Waals surface area (Å²) in [7, 11) is 1.74. The van der Waals surface area contributed by atoms with Crippen LogP contribution in [0, 0.1) is 11.8 Å². The molecular formula is C21H30O3. The average molecular weight is 330 g/mol. The quantitative estimate of drug-likeness (QED) is 0.617. The molecule has 0 fully saturated rings. The van der Waals surface area contributed by atoms with Crippen LogP contribution < -0.4 is 9.47 Å². The van der Waals surface area contributed by atoms with E-state index in [0.717, 1.165) is 29.9 Å². The third-order valence-electron chi connectivity index (χ3n) is 5.68. The normalized spacial score (nSPS) is 25.3. The maximum absolute atomic E-state index is 9.98. The van der Waals surface area contributed by atoms with Gasteiger partial charge in [-0.1, -0.05) is 32.8 Å². The number of benzene rings is 1. The molecule has 24 heavy (non-hydrogen) atoms. The molecule has 0 bridgehead atoms. The van der Waals surface area contributed by atoms with Crippen LogP contribution in [0.5, 0.6) is 11.5 Å². The minimum atomic E-state index is 0.212. The molecule has 1 aromatic carbocycles. The van der Waals surface area contributed by atoms with Crippen molar-refractivity contribution in [3.8, 4) is 11.5 Å². The topological polar surface area (TPSA) is 38.7 Å². The van der Waals surface area contributed by atoms with E-state index in [1.807, 2.05) is 0 Å². The zero-order valence-corrected chi connectivity index (χ0v) is 15.2. The average Bonchev–Trinajstić information content (AvgIpc) is 2.60. The van der Waals surface area contributed by atoms with Crippen molar-refractivity contribution in [1.82, 2.24) is 0 Å². The molecule has 1 heterocycles. The summed E-state index contributed by atoms with van der Waals surface area (Å²) in [6.45, 7) is 5.31. The van der Waals surface area contributed by atoms with Crippen LogP contribution in [-0.4, -0.2) is 25.4 Å². The van der Waals surface area contributed by atoms with Crippen LogP contribution in [0.15, 0.2) is 23.8 Å². The lowest BCUT2D eigenvalue weighted by molar-refractivity contribution is 0.145. The molecule has 0 amide bonds. The lowest BCUT2D eigenvalue weighted by Crippen LogP contribution is -2.33.